The Balaban J connectivity index is 2.50. The molecule has 0 aliphatic rings. The molecule has 1 rings (SSSR count). The van der Waals surface area contributed by atoms with Gasteiger partial charge in [0.1, 0.15) is 0 Å². The maximum Gasteiger partial charge on any atom is 0.0340 e. The number of hydrogen-bond donors (Lipinski definition) is 1. The lowest BCUT2D eigenvalue weighted by Crippen LogP contribution is -1.94. The molecule has 0 aliphatic heterocycles. The van der Waals surface area contributed by atoms with E-state index < -0.39 is 0 Å². The Morgan fingerprint density at radius 2 is 2.45 bits per heavy atom. The molecule has 1 aromatic rings. The number of rotatable bonds is 3. The van der Waals surface area contributed by atoms with E-state index in [1.54, 1.807) is 6.20 Å². The highest BCUT2D eigenvalue weighted by molar-refractivity contribution is 5.47. The van der Waals surface area contributed by atoms with Crippen LogP contribution in [0.1, 0.15) is 12.0 Å². The highest BCUT2D eigenvalue weighted by Gasteiger charge is 1.81. The molecule has 2 N–H and O–H groups in total. The molecule has 0 bridgehead atoms. The minimum atomic E-state index is 0.705. The summed E-state index contributed by atoms with van der Waals surface area (Å²) in [5.41, 5.74) is 6.45. The molecule has 0 amide bonds. The maximum absolute atomic E-state index is 5.33. The lowest BCUT2D eigenvalue weighted by Gasteiger charge is -1.89. The van der Waals surface area contributed by atoms with Crippen LogP contribution in [0.5, 0.6) is 0 Å². The van der Waals surface area contributed by atoms with Crippen LogP contribution in [0.25, 0.3) is 6.08 Å². The van der Waals surface area contributed by atoms with Crippen LogP contribution in [-0.4, -0.2) is 11.5 Å². The van der Waals surface area contributed by atoms with Gasteiger partial charge in [-0.25, -0.2) is 0 Å². The topological polar surface area (TPSA) is 38.9 Å². The van der Waals surface area contributed by atoms with Crippen LogP contribution in [0.4, 0.5) is 0 Å². The van der Waals surface area contributed by atoms with Crippen LogP contribution in [-0.2, 0) is 0 Å². The molecule has 0 aliphatic carbocycles. The van der Waals surface area contributed by atoms with Crippen LogP contribution in [0.3, 0.4) is 0 Å². The molecule has 0 aromatic carbocycles. The molecule has 0 radical (unpaired) electrons. The van der Waals surface area contributed by atoms with Crippen molar-refractivity contribution in [3.63, 3.8) is 0 Å². The fraction of sp³-hybridized carbons (Fsp3) is 0.222. The highest BCUT2D eigenvalue weighted by atomic mass is 14.6. The van der Waals surface area contributed by atoms with Crippen molar-refractivity contribution in [1.82, 2.24) is 4.98 Å². The van der Waals surface area contributed by atoms with E-state index in [4.69, 9.17) is 5.73 Å². The Bertz CT molecular complexity index is 216. The van der Waals surface area contributed by atoms with Gasteiger partial charge in [0.2, 0.25) is 0 Å². The minimum absolute atomic E-state index is 0.705. The summed E-state index contributed by atoms with van der Waals surface area (Å²) in [6.45, 7) is 0.705. The van der Waals surface area contributed by atoms with Gasteiger partial charge in [-0.2, -0.15) is 0 Å². The Morgan fingerprint density at radius 3 is 3.09 bits per heavy atom. The first-order valence-electron chi connectivity index (χ1n) is 3.70. The third-order valence-corrected chi connectivity index (χ3v) is 1.33. The van der Waals surface area contributed by atoms with Gasteiger partial charge in [0, 0.05) is 12.4 Å². The zero-order chi connectivity index (χ0) is 7.94. The third kappa shape index (κ3) is 2.96. The number of nitrogens with zero attached hydrogens (tertiary/aromatic N) is 1. The first-order chi connectivity index (χ1) is 5.43. The normalized spacial score (nSPS) is 10.6. The van der Waals surface area contributed by atoms with Gasteiger partial charge in [-0.05, 0) is 24.6 Å². The SMILES string of the molecule is NCCC=Cc1cccnc1. The van der Waals surface area contributed by atoms with E-state index >= 15 is 0 Å². The van der Waals surface area contributed by atoms with Crippen LogP contribution >= 0.6 is 0 Å². The summed E-state index contributed by atoms with van der Waals surface area (Å²) in [6.07, 6.45) is 8.60. The predicted octanol–water partition coefficient (Wildman–Crippen LogP) is 1.44. The molecule has 1 aromatic heterocycles. The summed E-state index contributed by atoms with van der Waals surface area (Å²) in [5, 5.41) is 0. The van der Waals surface area contributed by atoms with Crippen molar-refractivity contribution < 1.29 is 0 Å². The number of nitrogens with two attached hydrogens (primary N) is 1. The van der Waals surface area contributed by atoms with Gasteiger partial charge in [-0.15, -0.1) is 0 Å². The van der Waals surface area contributed by atoms with E-state index in [-0.39, 0.29) is 0 Å². The fourth-order valence-corrected chi connectivity index (χ4v) is 0.790. The van der Waals surface area contributed by atoms with E-state index in [1.165, 1.54) is 0 Å². The minimum Gasteiger partial charge on any atom is -0.330 e. The summed E-state index contributed by atoms with van der Waals surface area (Å²) >= 11 is 0. The maximum atomic E-state index is 5.33. The average molecular weight is 148 g/mol. The second-order valence-electron chi connectivity index (χ2n) is 2.27. The molecule has 0 fully saturated rings. The van der Waals surface area contributed by atoms with Gasteiger partial charge in [0.15, 0.2) is 0 Å². The fourth-order valence-electron chi connectivity index (χ4n) is 0.790. The van der Waals surface area contributed by atoms with Crippen molar-refractivity contribution in [2.75, 3.05) is 6.54 Å². The number of hydrogen-bond acceptors (Lipinski definition) is 2. The molecule has 2 nitrogen and oxygen atoms in total. The predicted molar refractivity (Wildman–Crippen MR) is 46.9 cm³/mol. The summed E-state index contributed by atoms with van der Waals surface area (Å²) < 4.78 is 0. The van der Waals surface area contributed by atoms with Gasteiger partial charge in [0.25, 0.3) is 0 Å². The van der Waals surface area contributed by atoms with E-state index in [9.17, 15) is 0 Å². The van der Waals surface area contributed by atoms with Crippen molar-refractivity contribution in [2.45, 2.75) is 6.42 Å². The molecule has 58 valence electrons. The van der Waals surface area contributed by atoms with Crippen molar-refractivity contribution in [3.05, 3.63) is 36.2 Å². The Morgan fingerprint density at radius 1 is 1.55 bits per heavy atom. The summed E-state index contributed by atoms with van der Waals surface area (Å²) in [6, 6.07) is 3.93. The molecule has 0 atom stereocenters. The van der Waals surface area contributed by atoms with Gasteiger partial charge >= 0.3 is 0 Å². The largest absolute Gasteiger partial charge is 0.330 e. The average Bonchev–Trinajstić information content (AvgIpc) is 2.07. The van der Waals surface area contributed by atoms with E-state index in [2.05, 4.69) is 11.1 Å². The van der Waals surface area contributed by atoms with Gasteiger partial charge < -0.3 is 5.73 Å². The summed E-state index contributed by atoms with van der Waals surface area (Å²) in [4.78, 5) is 3.98. The van der Waals surface area contributed by atoms with Crippen LogP contribution in [0.2, 0.25) is 0 Å². The lowest BCUT2D eigenvalue weighted by atomic mass is 10.2. The van der Waals surface area contributed by atoms with E-state index in [0.717, 1.165) is 12.0 Å². The molecule has 0 saturated carbocycles. The molecular weight excluding hydrogens is 136 g/mol. The molecular formula is C9H12N2. The molecule has 1 heterocycles. The number of pyridine rings is 1. The Kier molecular flexibility index (Phi) is 3.35. The first-order valence-corrected chi connectivity index (χ1v) is 3.70. The van der Waals surface area contributed by atoms with Gasteiger partial charge in [-0.3, -0.25) is 4.98 Å². The lowest BCUT2D eigenvalue weighted by molar-refractivity contribution is 1.01. The zero-order valence-corrected chi connectivity index (χ0v) is 6.40. The van der Waals surface area contributed by atoms with Crippen molar-refractivity contribution in [2.24, 2.45) is 5.73 Å². The molecule has 0 unspecified atom stereocenters. The van der Waals surface area contributed by atoms with Crippen molar-refractivity contribution >= 4 is 6.08 Å². The third-order valence-electron chi connectivity index (χ3n) is 1.33. The van der Waals surface area contributed by atoms with Crippen molar-refractivity contribution in [1.29, 1.82) is 0 Å². The highest BCUT2D eigenvalue weighted by Crippen LogP contribution is 1.98. The second kappa shape index (κ2) is 4.63. The summed E-state index contributed by atoms with van der Waals surface area (Å²) in [5.74, 6) is 0. The Labute approximate surface area is 66.8 Å². The molecule has 2 heteroatoms. The summed E-state index contributed by atoms with van der Waals surface area (Å²) in [7, 11) is 0. The molecule has 0 spiro atoms. The van der Waals surface area contributed by atoms with Gasteiger partial charge in [0.05, 0.1) is 0 Å². The Hall–Kier alpha value is -1.15. The monoisotopic (exact) mass is 148 g/mol. The first kappa shape index (κ1) is 7.95. The smallest absolute Gasteiger partial charge is 0.0340 e. The van der Waals surface area contributed by atoms with E-state index in [1.807, 2.05) is 24.4 Å². The van der Waals surface area contributed by atoms with Crippen LogP contribution in [0, 0.1) is 0 Å². The van der Waals surface area contributed by atoms with Gasteiger partial charge in [-0.1, -0.05) is 18.2 Å². The van der Waals surface area contributed by atoms with Crippen LogP contribution < -0.4 is 5.73 Å². The standard InChI is InChI=1S/C9H12N2/c10-6-2-1-4-9-5-3-7-11-8-9/h1,3-5,7-8H,2,6,10H2. The quantitative estimate of drug-likeness (QED) is 0.704. The second-order valence-corrected chi connectivity index (χ2v) is 2.27. The molecule has 0 saturated heterocycles. The van der Waals surface area contributed by atoms with Crippen molar-refractivity contribution in [3.8, 4) is 0 Å². The molecule has 11 heavy (non-hydrogen) atoms. The number of aromatic nitrogens is 1. The van der Waals surface area contributed by atoms with Crippen LogP contribution in [0.15, 0.2) is 30.6 Å². The van der Waals surface area contributed by atoms with E-state index in [0.29, 0.717) is 6.54 Å². The zero-order valence-electron chi connectivity index (χ0n) is 6.40.